The molecule has 1 fully saturated rings. The first kappa shape index (κ1) is 22.8. The van der Waals surface area contributed by atoms with Crippen LogP contribution >= 0.6 is 11.8 Å². The Balaban J connectivity index is 1.69. The third kappa shape index (κ3) is 5.41. The second kappa shape index (κ2) is 9.92. The average molecular weight is 454 g/mol. The Bertz CT molecular complexity index is 1110. The lowest BCUT2D eigenvalue weighted by Gasteiger charge is -2.15. The van der Waals surface area contributed by atoms with Gasteiger partial charge in [0.05, 0.1) is 23.6 Å². The van der Waals surface area contributed by atoms with Gasteiger partial charge in [-0.05, 0) is 42.5 Å². The number of nitrogens with one attached hydrogen (secondary N) is 1. The van der Waals surface area contributed by atoms with Gasteiger partial charge in [-0.2, -0.15) is 0 Å². The second-order valence-electron chi connectivity index (χ2n) is 6.61. The molecule has 3 amide bonds. The summed E-state index contributed by atoms with van der Waals surface area (Å²) in [6.45, 7) is 0. The molecule has 32 heavy (non-hydrogen) atoms. The summed E-state index contributed by atoms with van der Waals surface area (Å²) in [5, 5.41) is 10.5. The lowest BCUT2D eigenvalue weighted by Crippen LogP contribution is -2.31. The molecule has 0 radical (unpaired) electrons. The predicted octanol–water partition coefficient (Wildman–Crippen LogP) is 2.48. The molecule has 164 valence electrons. The Morgan fingerprint density at radius 3 is 2.50 bits per heavy atom. The maximum absolute atomic E-state index is 12.9. The van der Waals surface area contributed by atoms with Crippen molar-refractivity contribution in [2.24, 2.45) is 0 Å². The van der Waals surface area contributed by atoms with Crippen LogP contribution in [0.3, 0.4) is 0 Å². The monoisotopic (exact) mass is 454 g/mol. The summed E-state index contributed by atoms with van der Waals surface area (Å²) in [6.07, 6.45) is 1.62. The maximum Gasteiger partial charge on any atom is 0.337 e. The molecule has 0 saturated carbocycles. The van der Waals surface area contributed by atoms with Gasteiger partial charge in [-0.1, -0.05) is 6.07 Å². The van der Waals surface area contributed by atoms with Crippen molar-refractivity contribution in [3.8, 4) is 0 Å². The van der Waals surface area contributed by atoms with Crippen LogP contribution in [-0.4, -0.2) is 47.1 Å². The minimum Gasteiger partial charge on any atom is -0.478 e. The van der Waals surface area contributed by atoms with Crippen LogP contribution in [0.5, 0.6) is 0 Å². The number of carboxylic acids is 1. The molecule has 1 saturated heterocycles. The first-order chi connectivity index (χ1) is 15.3. The van der Waals surface area contributed by atoms with Gasteiger partial charge < -0.3 is 15.2 Å². The highest BCUT2D eigenvalue weighted by molar-refractivity contribution is 8.00. The summed E-state index contributed by atoms with van der Waals surface area (Å²) in [5.74, 6) is -3.11. The SMILES string of the molecule is COC(=O)c1ccc(N2C(=O)C[C@@H](Sc3cccc(NC(=O)/C=C/C(=O)O)c3)C2=O)cc1. The van der Waals surface area contributed by atoms with Crippen molar-refractivity contribution in [3.05, 3.63) is 66.2 Å². The Labute approximate surface area is 187 Å². The molecule has 0 aliphatic carbocycles. The van der Waals surface area contributed by atoms with Crippen molar-refractivity contribution < 1.29 is 33.8 Å². The number of carboxylic acid groups (broad SMARTS) is 1. The van der Waals surface area contributed by atoms with E-state index in [1.54, 1.807) is 24.3 Å². The van der Waals surface area contributed by atoms with E-state index < -0.39 is 23.1 Å². The van der Waals surface area contributed by atoms with Gasteiger partial charge in [0.2, 0.25) is 17.7 Å². The molecule has 0 unspecified atom stereocenters. The fraction of sp³-hybridized carbons (Fsp3) is 0.136. The highest BCUT2D eigenvalue weighted by Gasteiger charge is 2.40. The highest BCUT2D eigenvalue weighted by atomic mass is 32.2. The summed E-state index contributed by atoms with van der Waals surface area (Å²) < 4.78 is 4.64. The molecule has 2 N–H and O–H groups in total. The quantitative estimate of drug-likeness (QED) is 0.371. The third-order valence-electron chi connectivity index (χ3n) is 4.41. The smallest absolute Gasteiger partial charge is 0.337 e. The van der Waals surface area contributed by atoms with Crippen molar-refractivity contribution in [1.82, 2.24) is 0 Å². The van der Waals surface area contributed by atoms with Crippen LogP contribution in [0.1, 0.15) is 16.8 Å². The average Bonchev–Trinajstić information content (AvgIpc) is 3.04. The molecule has 2 aromatic carbocycles. The van der Waals surface area contributed by atoms with Crippen LogP contribution < -0.4 is 10.2 Å². The van der Waals surface area contributed by atoms with E-state index in [-0.39, 0.29) is 18.2 Å². The standard InChI is InChI=1S/C22H18N2O7S/c1-31-22(30)13-5-7-15(8-6-13)24-19(26)12-17(21(24)29)32-16-4-2-3-14(11-16)23-18(25)9-10-20(27)28/h2-11,17H,12H2,1H3,(H,23,25)(H,27,28)/b10-9+/t17-/m1/s1. The van der Waals surface area contributed by atoms with Crippen molar-refractivity contribution in [2.75, 3.05) is 17.3 Å². The molecule has 2 aromatic rings. The lowest BCUT2D eigenvalue weighted by molar-refractivity contribution is -0.131. The second-order valence-corrected chi connectivity index (χ2v) is 7.88. The maximum atomic E-state index is 12.9. The molecule has 9 nitrogen and oxygen atoms in total. The van der Waals surface area contributed by atoms with Crippen molar-refractivity contribution >= 4 is 52.8 Å². The number of anilines is 2. The van der Waals surface area contributed by atoms with Crippen LogP contribution in [-0.2, 0) is 23.9 Å². The lowest BCUT2D eigenvalue weighted by atomic mass is 10.2. The van der Waals surface area contributed by atoms with Gasteiger partial charge in [0.25, 0.3) is 0 Å². The van der Waals surface area contributed by atoms with Gasteiger partial charge in [0.15, 0.2) is 0 Å². The number of methoxy groups -OCH3 is 1. The fourth-order valence-electron chi connectivity index (χ4n) is 2.97. The van der Waals surface area contributed by atoms with Crippen LogP contribution in [0.2, 0.25) is 0 Å². The van der Waals surface area contributed by atoms with E-state index in [2.05, 4.69) is 10.1 Å². The molecule has 1 heterocycles. The molecule has 10 heteroatoms. The Morgan fingerprint density at radius 1 is 1.12 bits per heavy atom. The number of imide groups is 1. The molecular formula is C22H18N2O7S. The number of hydrogen-bond acceptors (Lipinski definition) is 7. The van der Waals surface area contributed by atoms with E-state index in [1.807, 2.05) is 0 Å². The number of hydrogen-bond donors (Lipinski definition) is 2. The first-order valence-electron chi connectivity index (χ1n) is 9.32. The molecule has 0 spiro atoms. The summed E-state index contributed by atoms with van der Waals surface area (Å²) in [5.41, 5.74) is 1.09. The van der Waals surface area contributed by atoms with Gasteiger partial charge in [0, 0.05) is 29.2 Å². The number of nitrogens with zero attached hydrogens (tertiary/aromatic N) is 1. The number of rotatable bonds is 7. The van der Waals surface area contributed by atoms with E-state index in [9.17, 15) is 24.0 Å². The molecule has 3 rings (SSSR count). The molecule has 1 aliphatic rings. The van der Waals surface area contributed by atoms with E-state index >= 15 is 0 Å². The van der Waals surface area contributed by atoms with E-state index in [1.165, 1.54) is 43.1 Å². The van der Waals surface area contributed by atoms with Gasteiger partial charge in [0.1, 0.15) is 0 Å². The van der Waals surface area contributed by atoms with Gasteiger partial charge in [-0.25, -0.2) is 14.5 Å². The van der Waals surface area contributed by atoms with Crippen LogP contribution in [0, 0.1) is 0 Å². The largest absolute Gasteiger partial charge is 0.478 e. The predicted molar refractivity (Wildman–Crippen MR) is 116 cm³/mol. The molecule has 0 bridgehead atoms. The molecule has 0 aromatic heterocycles. The van der Waals surface area contributed by atoms with Gasteiger partial charge in [-0.15, -0.1) is 11.8 Å². The number of esters is 1. The van der Waals surface area contributed by atoms with Crippen molar-refractivity contribution in [1.29, 1.82) is 0 Å². The van der Waals surface area contributed by atoms with Crippen LogP contribution in [0.25, 0.3) is 0 Å². The van der Waals surface area contributed by atoms with Crippen LogP contribution in [0.4, 0.5) is 11.4 Å². The van der Waals surface area contributed by atoms with E-state index in [0.29, 0.717) is 21.8 Å². The number of ether oxygens (including phenoxy) is 1. The minimum atomic E-state index is -1.24. The number of carbonyl (C=O) groups is 5. The van der Waals surface area contributed by atoms with Crippen molar-refractivity contribution in [2.45, 2.75) is 16.6 Å². The first-order valence-corrected chi connectivity index (χ1v) is 10.2. The number of benzene rings is 2. The molecule has 1 aliphatic heterocycles. The van der Waals surface area contributed by atoms with Gasteiger partial charge >= 0.3 is 11.9 Å². The van der Waals surface area contributed by atoms with Gasteiger partial charge in [-0.3, -0.25) is 14.4 Å². The molecule has 1 atom stereocenters. The normalized spacial score (nSPS) is 15.8. The zero-order valence-corrected chi connectivity index (χ0v) is 17.6. The fourth-order valence-corrected chi connectivity index (χ4v) is 4.09. The number of carbonyl (C=O) groups excluding carboxylic acids is 4. The van der Waals surface area contributed by atoms with Crippen molar-refractivity contribution in [3.63, 3.8) is 0 Å². The zero-order valence-electron chi connectivity index (χ0n) is 16.8. The zero-order chi connectivity index (χ0) is 23.3. The summed E-state index contributed by atoms with van der Waals surface area (Å²) in [4.78, 5) is 60.9. The third-order valence-corrected chi connectivity index (χ3v) is 5.59. The number of thioether (sulfide) groups is 1. The summed E-state index contributed by atoms with van der Waals surface area (Å²) in [7, 11) is 1.26. The topological polar surface area (TPSA) is 130 Å². The van der Waals surface area contributed by atoms with Crippen LogP contribution in [0.15, 0.2) is 65.6 Å². The number of amides is 3. The molecular weight excluding hydrogens is 436 g/mol. The van der Waals surface area contributed by atoms with E-state index in [4.69, 9.17) is 5.11 Å². The summed E-state index contributed by atoms with van der Waals surface area (Å²) in [6, 6.07) is 12.6. The Hall–Kier alpha value is -3.92. The number of aliphatic carboxylic acids is 1. The van der Waals surface area contributed by atoms with E-state index in [0.717, 1.165) is 17.1 Å². The summed E-state index contributed by atoms with van der Waals surface area (Å²) >= 11 is 1.18. The Kier molecular flexibility index (Phi) is 7.06. The minimum absolute atomic E-state index is 0.000188. The Morgan fingerprint density at radius 2 is 1.84 bits per heavy atom. The highest BCUT2D eigenvalue weighted by Crippen LogP contribution is 2.35.